The zero-order valence-corrected chi connectivity index (χ0v) is 14.6. The summed E-state index contributed by atoms with van der Waals surface area (Å²) < 4.78 is 4.77. The highest BCUT2D eigenvalue weighted by Crippen LogP contribution is 2.38. The minimum atomic E-state index is -0.287. The van der Waals surface area contributed by atoms with E-state index in [4.69, 9.17) is 16.3 Å². The number of ether oxygens (including phenoxy) is 1. The molecule has 0 aliphatic heterocycles. The number of alkyl halides is 1. The zero-order valence-electron chi connectivity index (χ0n) is 11.7. The van der Waals surface area contributed by atoms with E-state index in [1.807, 2.05) is 19.1 Å². The molecule has 0 bridgehead atoms. The summed E-state index contributed by atoms with van der Waals surface area (Å²) >= 11 is 8.54. The molecule has 1 aliphatic rings. The molecular formula is C16H20ClIO2. The molecule has 0 radical (unpaired) electrons. The van der Waals surface area contributed by atoms with E-state index >= 15 is 0 Å². The van der Waals surface area contributed by atoms with Crippen LogP contribution in [0.2, 0.25) is 5.02 Å². The fourth-order valence-corrected chi connectivity index (χ4v) is 3.71. The smallest absolute Gasteiger partial charge is 0.323 e. The van der Waals surface area contributed by atoms with Crippen LogP contribution in [0.1, 0.15) is 60.0 Å². The highest BCUT2D eigenvalue weighted by atomic mass is 127. The van der Waals surface area contributed by atoms with Crippen LogP contribution < -0.4 is 0 Å². The van der Waals surface area contributed by atoms with Crippen LogP contribution >= 0.6 is 34.2 Å². The molecule has 1 fully saturated rings. The Balaban J connectivity index is 2.14. The molecule has 20 heavy (non-hydrogen) atoms. The van der Waals surface area contributed by atoms with E-state index in [2.05, 4.69) is 28.7 Å². The Labute approximate surface area is 139 Å². The van der Waals surface area contributed by atoms with Crippen LogP contribution in [-0.2, 0) is 9.53 Å². The van der Waals surface area contributed by atoms with Gasteiger partial charge in [-0.1, -0.05) is 65.6 Å². The van der Waals surface area contributed by atoms with Crippen molar-refractivity contribution in [3.8, 4) is 0 Å². The zero-order chi connectivity index (χ0) is 14.5. The van der Waals surface area contributed by atoms with Crippen LogP contribution in [-0.4, -0.2) is 12.6 Å². The van der Waals surface area contributed by atoms with E-state index in [-0.39, 0.29) is 9.89 Å². The van der Waals surface area contributed by atoms with Crippen molar-refractivity contribution in [3.63, 3.8) is 0 Å². The van der Waals surface area contributed by atoms with Crippen molar-refractivity contribution >= 4 is 40.2 Å². The van der Waals surface area contributed by atoms with Crippen LogP contribution in [0.15, 0.2) is 18.2 Å². The summed E-state index contributed by atoms with van der Waals surface area (Å²) in [7, 11) is 0. The Hall–Kier alpha value is -0.290. The lowest BCUT2D eigenvalue weighted by Crippen LogP contribution is -2.11. The average Bonchev–Trinajstić information content (AvgIpc) is 2.47. The van der Waals surface area contributed by atoms with Gasteiger partial charge in [0.1, 0.15) is 3.92 Å². The van der Waals surface area contributed by atoms with Gasteiger partial charge in [-0.3, -0.25) is 4.79 Å². The molecule has 2 rings (SSSR count). The molecule has 0 aromatic heterocycles. The molecular weight excluding hydrogens is 387 g/mol. The number of carbonyl (C=O) groups is 1. The van der Waals surface area contributed by atoms with Crippen molar-refractivity contribution < 1.29 is 9.53 Å². The lowest BCUT2D eigenvalue weighted by atomic mass is 9.84. The highest BCUT2D eigenvalue weighted by molar-refractivity contribution is 14.1. The molecule has 2 nitrogen and oxygen atoms in total. The van der Waals surface area contributed by atoms with E-state index < -0.39 is 0 Å². The summed E-state index contributed by atoms with van der Waals surface area (Å²) in [6.45, 7) is 2.23. The first-order valence-corrected chi connectivity index (χ1v) is 8.86. The van der Waals surface area contributed by atoms with Gasteiger partial charge in [-0.15, -0.1) is 0 Å². The number of esters is 1. The molecule has 0 spiro atoms. The summed E-state index contributed by atoms with van der Waals surface area (Å²) in [5, 5.41) is 0.792. The number of halogens is 2. The van der Waals surface area contributed by atoms with Crippen LogP contribution in [0.3, 0.4) is 0 Å². The van der Waals surface area contributed by atoms with Gasteiger partial charge in [0.15, 0.2) is 0 Å². The molecule has 1 aliphatic carbocycles. The van der Waals surface area contributed by atoms with E-state index in [9.17, 15) is 4.79 Å². The first-order valence-electron chi connectivity index (χ1n) is 7.23. The van der Waals surface area contributed by atoms with Crippen molar-refractivity contribution in [1.82, 2.24) is 0 Å². The second kappa shape index (κ2) is 7.64. The minimum Gasteiger partial charge on any atom is -0.465 e. The SMILES string of the molecule is CCOC(=O)C(I)c1ccc(C2CCCCC2)c(Cl)c1. The fourth-order valence-electron chi connectivity index (χ4n) is 2.80. The van der Waals surface area contributed by atoms with Crippen molar-refractivity contribution in [2.75, 3.05) is 6.61 Å². The summed E-state index contributed by atoms with van der Waals surface area (Å²) in [4.78, 5) is 11.8. The van der Waals surface area contributed by atoms with Crippen LogP contribution in [0.25, 0.3) is 0 Å². The maximum Gasteiger partial charge on any atom is 0.323 e. The Bertz CT molecular complexity index is 470. The van der Waals surface area contributed by atoms with Crippen molar-refractivity contribution in [2.45, 2.75) is 48.9 Å². The third-order valence-electron chi connectivity index (χ3n) is 3.86. The number of carbonyl (C=O) groups excluding carboxylic acids is 1. The van der Waals surface area contributed by atoms with Crippen LogP contribution in [0.5, 0.6) is 0 Å². The number of benzene rings is 1. The summed E-state index contributed by atoms with van der Waals surface area (Å²) in [5.41, 5.74) is 2.16. The maximum absolute atomic E-state index is 11.8. The summed E-state index contributed by atoms with van der Waals surface area (Å²) in [6, 6.07) is 6.04. The Morgan fingerprint density at radius 2 is 2.10 bits per heavy atom. The van der Waals surface area contributed by atoms with E-state index in [0.717, 1.165) is 10.6 Å². The Morgan fingerprint density at radius 3 is 2.70 bits per heavy atom. The molecule has 0 N–H and O–H groups in total. The molecule has 1 aromatic carbocycles. The standard InChI is InChI=1S/C16H20ClIO2/c1-2-20-16(19)15(18)12-8-9-13(14(17)10-12)11-6-4-3-5-7-11/h8-11,15H,2-7H2,1H3. The summed E-state index contributed by atoms with van der Waals surface area (Å²) in [5.74, 6) is 0.384. The van der Waals surface area contributed by atoms with Gasteiger partial charge in [0.2, 0.25) is 0 Å². The van der Waals surface area contributed by atoms with E-state index in [1.165, 1.54) is 37.7 Å². The first kappa shape index (κ1) is 16.1. The maximum atomic E-state index is 11.8. The molecule has 0 amide bonds. The van der Waals surface area contributed by atoms with Gasteiger partial charge in [-0.25, -0.2) is 0 Å². The third kappa shape index (κ3) is 3.88. The van der Waals surface area contributed by atoms with Gasteiger partial charge in [-0.2, -0.15) is 0 Å². The molecule has 0 heterocycles. The van der Waals surface area contributed by atoms with Crippen molar-refractivity contribution in [1.29, 1.82) is 0 Å². The number of rotatable bonds is 4. The Morgan fingerprint density at radius 1 is 1.40 bits per heavy atom. The third-order valence-corrected chi connectivity index (χ3v) is 5.41. The van der Waals surface area contributed by atoms with Gasteiger partial charge in [0, 0.05) is 5.02 Å². The number of hydrogen-bond acceptors (Lipinski definition) is 2. The van der Waals surface area contributed by atoms with Crippen molar-refractivity contribution in [2.24, 2.45) is 0 Å². The Kier molecular flexibility index (Phi) is 6.15. The predicted molar refractivity (Wildman–Crippen MR) is 90.7 cm³/mol. The van der Waals surface area contributed by atoms with Gasteiger partial charge in [-0.05, 0) is 42.9 Å². The number of hydrogen-bond donors (Lipinski definition) is 0. The average molecular weight is 407 g/mol. The van der Waals surface area contributed by atoms with Gasteiger partial charge < -0.3 is 4.74 Å². The molecule has 1 aromatic rings. The molecule has 0 saturated heterocycles. The second-order valence-corrected chi connectivity index (χ2v) is 6.88. The quantitative estimate of drug-likeness (QED) is 0.379. The fraction of sp³-hybridized carbons (Fsp3) is 0.562. The molecule has 1 atom stereocenters. The molecule has 110 valence electrons. The summed E-state index contributed by atoms with van der Waals surface area (Å²) in [6.07, 6.45) is 6.38. The van der Waals surface area contributed by atoms with Gasteiger partial charge >= 0.3 is 5.97 Å². The first-order chi connectivity index (χ1) is 9.63. The molecule has 1 unspecified atom stereocenters. The highest BCUT2D eigenvalue weighted by Gasteiger charge is 2.22. The molecule has 4 heteroatoms. The van der Waals surface area contributed by atoms with Crippen LogP contribution in [0.4, 0.5) is 0 Å². The van der Waals surface area contributed by atoms with E-state index in [0.29, 0.717) is 12.5 Å². The van der Waals surface area contributed by atoms with E-state index in [1.54, 1.807) is 0 Å². The lowest BCUT2D eigenvalue weighted by molar-refractivity contribution is -0.142. The monoisotopic (exact) mass is 406 g/mol. The van der Waals surface area contributed by atoms with Crippen LogP contribution in [0, 0.1) is 0 Å². The van der Waals surface area contributed by atoms with Gasteiger partial charge in [0.05, 0.1) is 6.61 Å². The topological polar surface area (TPSA) is 26.3 Å². The minimum absolute atomic E-state index is 0.199. The largest absolute Gasteiger partial charge is 0.465 e. The predicted octanol–water partition coefficient (Wildman–Crippen LogP) is 5.43. The lowest BCUT2D eigenvalue weighted by Gasteiger charge is -2.23. The second-order valence-electron chi connectivity index (χ2n) is 5.23. The molecule has 1 saturated carbocycles. The van der Waals surface area contributed by atoms with Gasteiger partial charge in [0.25, 0.3) is 0 Å². The normalized spacial score (nSPS) is 17.8. The van der Waals surface area contributed by atoms with Crippen molar-refractivity contribution in [3.05, 3.63) is 34.3 Å².